The van der Waals surface area contributed by atoms with Crippen molar-refractivity contribution in [1.82, 2.24) is 0 Å². The van der Waals surface area contributed by atoms with Gasteiger partial charge >= 0.3 is 0 Å². The summed E-state index contributed by atoms with van der Waals surface area (Å²) in [6.07, 6.45) is 10.7. The van der Waals surface area contributed by atoms with E-state index in [1.807, 2.05) is 24.5 Å². The Balaban J connectivity index is 2.29. The summed E-state index contributed by atoms with van der Waals surface area (Å²) in [4.78, 5) is 26.6. The molecular weight excluding hydrogens is 276 g/mol. The number of aliphatic imine (C=N–C) groups is 1. The predicted molar refractivity (Wildman–Crippen MR) is 88.2 cm³/mol. The number of rotatable bonds is 9. The maximum absolute atomic E-state index is 11.2. The van der Waals surface area contributed by atoms with Gasteiger partial charge in [-0.1, -0.05) is 12.7 Å². The SMILES string of the molecule is C=C/C(=C\C=N\CCCC[n+]1ccc(C(C)=O)cc1)C(C)=O. The highest BCUT2D eigenvalue weighted by atomic mass is 16.1. The van der Waals surface area contributed by atoms with Crippen LogP contribution in [0, 0.1) is 0 Å². The molecule has 1 aromatic rings. The molecule has 116 valence electrons. The second kappa shape index (κ2) is 9.55. The minimum atomic E-state index is -0.00754. The van der Waals surface area contributed by atoms with Gasteiger partial charge in [0.25, 0.3) is 0 Å². The number of hydrogen-bond donors (Lipinski definition) is 0. The van der Waals surface area contributed by atoms with Gasteiger partial charge in [0, 0.05) is 42.4 Å². The monoisotopic (exact) mass is 299 g/mol. The molecule has 0 saturated carbocycles. The van der Waals surface area contributed by atoms with Crippen molar-refractivity contribution >= 4 is 17.8 Å². The lowest BCUT2D eigenvalue weighted by molar-refractivity contribution is -0.697. The average Bonchev–Trinajstić information content (AvgIpc) is 2.50. The summed E-state index contributed by atoms with van der Waals surface area (Å²) in [5.41, 5.74) is 1.31. The van der Waals surface area contributed by atoms with Crippen LogP contribution in [-0.2, 0) is 11.3 Å². The highest BCUT2D eigenvalue weighted by Crippen LogP contribution is 1.97. The van der Waals surface area contributed by atoms with E-state index < -0.39 is 0 Å². The zero-order chi connectivity index (χ0) is 16.4. The van der Waals surface area contributed by atoms with E-state index >= 15 is 0 Å². The molecule has 0 spiro atoms. The molecule has 0 radical (unpaired) electrons. The number of Topliss-reactive ketones (excluding diaryl/α,β-unsaturated/α-hetero) is 2. The van der Waals surface area contributed by atoms with E-state index in [-0.39, 0.29) is 11.6 Å². The molecule has 1 heterocycles. The molecule has 0 aliphatic heterocycles. The Morgan fingerprint density at radius 2 is 1.91 bits per heavy atom. The third kappa shape index (κ3) is 6.39. The van der Waals surface area contributed by atoms with E-state index in [1.165, 1.54) is 13.0 Å². The van der Waals surface area contributed by atoms with Gasteiger partial charge in [0.15, 0.2) is 24.0 Å². The van der Waals surface area contributed by atoms with Gasteiger partial charge in [0.05, 0.1) is 0 Å². The van der Waals surface area contributed by atoms with Crippen LogP contribution >= 0.6 is 0 Å². The summed E-state index contributed by atoms with van der Waals surface area (Å²) in [5, 5.41) is 0. The maximum Gasteiger partial charge on any atom is 0.169 e. The van der Waals surface area contributed by atoms with Crippen molar-refractivity contribution in [3.05, 3.63) is 54.4 Å². The van der Waals surface area contributed by atoms with Crippen LogP contribution in [0.25, 0.3) is 0 Å². The number of aryl methyl sites for hydroxylation is 1. The minimum Gasteiger partial charge on any atom is -0.295 e. The van der Waals surface area contributed by atoms with Gasteiger partial charge in [-0.2, -0.15) is 0 Å². The molecule has 0 saturated heterocycles. The van der Waals surface area contributed by atoms with Crippen LogP contribution < -0.4 is 4.57 Å². The van der Waals surface area contributed by atoms with Gasteiger partial charge in [-0.05, 0) is 26.3 Å². The largest absolute Gasteiger partial charge is 0.295 e. The number of allylic oxidation sites excluding steroid dienone is 3. The van der Waals surface area contributed by atoms with Crippen LogP contribution in [0.3, 0.4) is 0 Å². The molecule has 0 aromatic carbocycles. The summed E-state index contributed by atoms with van der Waals surface area (Å²) in [5.74, 6) is 0.0749. The molecule has 1 aromatic heterocycles. The summed E-state index contributed by atoms with van der Waals surface area (Å²) in [6, 6.07) is 3.67. The zero-order valence-corrected chi connectivity index (χ0v) is 13.3. The van der Waals surface area contributed by atoms with E-state index in [9.17, 15) is 9.59 Å². The lowest BCUT2D eigenvalue weighted by atomic mass is 10.2. The molecule has 0 amide bonds. The molecule has 4 nitrogen and oxygen atoms in total. The Kier molecular flexibility index (Phi) is 7.68. The molecule has 0 atom stereocenters. The van der Waals surface area contributed by atoms with Gasteiger partial charge in [0.2, 0.25) is 0 Å². The number of carbonyl (C=O) groups is 2. The molecule has 1 rings (SSSR count). The van der Waals surface area contributed by atoms with Crippen molar-refractivity contribution in [3.63, 3.8) is 0 Å². The standard InChI is InChI=1S/C18H23N2O2/c1-4-17(15(2)21)7-11-19-10-5-6-12-20-13-8-18(9-14-20)16(3)22/h4,7-9,11,13-14H,1,5-6,10,12H2,2-3H3/q+1/b17-7+,19-11+. The fourth-order valence-corrected chi connectivity index (χ4v) is 1.88. The fraction of sp³-hybridized carbons (Fsp3) is 0.333. The molecular formula is C18H23N2O2+. The van der Waals surface area contributed by atoms with Gasteiger partial charge in [-0.15, -0.1) is 0 Å². The molecule has 0 aliphatic carbocycles. The number of hydrogen-bond acceptors (Lipinski definition) is 3. The van der Waals surface area contributed by atoms with E-state index in [0.29, 0.717) is 5.57 Å². The quantitative estimate of drug-likeness (QED) is 0.176. The second-order valence-electron chi connectivity index (χ2n) is 5.03. The number of ketones is 2. The molecule has 0 bridgehead atoms. The van der Waals surface area contributed by atoms with E-state index in [4.69, 9.17) is 0 Å². The molecule has 0 aliphatic rings. The number of carbonyl (C=O) groups excluding carboxylic acids is 2. The average molecular weight is 299 g/mol. The van der Waals surface area contributed by atoms with Crippen LogP contribution in [0.15, 0.2) is 53.8 Å². The van der Waals surface area contributed by atoms with E-state index in [1.54, 1.807) is 19.2 Å². The van der Waals surface area contributed by atoms with Crippen LogP contribution in [0.1, 0.15) is 37.0 Å². The normalized spacial score (nSPS) is 11.6. The van der Waals surface area contributed by atoms with Gasteiger partial charge in [-0.25, -0.2) is 4.57 Å². The third-order valence-electron chi connectivity index (χ3n) is 3.24. The van der Waals surface area contributed by atoms with E-state index in [0.717, 1.165) is 31.5 Å². The van der Waals surface area contributed by atoms with Crippen LogP contribution in [-0.4, -0.2) is 24.3 Å². The number of pyridine rings is 1. The van der Waals surface area contributed by atoms with Crippen molar-refractivity contribution in [1.29, 1.82) is 0 Å². The second-order valence-corrected chi connectivity index (χ2v) is 5.03. The van der Waals surface area contributed by atoms with Crippen LogP contribution in [0.4, 0.5) is 0 Å². The molecule has 0 unspecified atom stereocenters. The zero-order valence-electron chi connectivity index (χ0n) is 13.3. The fourth-order valence-electron chi connectivity index (χ4n) is 1.88. The van der Waals surface area contributed by atoms with Crippen molar-refractivity contribution in [2.24, 2.45) is 4.99 Å². The van der Waals surface area contributed by atoms with Gasteiger partial charge in [0.1, 0.15) is 6.54 Å². The molecule has 22 heavy (non-hydrogen) atoms. The lowest BCUT2D eigenvalue weighted by Gasteiger charge is -1.97. The molecule has 4 heteroatoms. The van der Waals surface area contributed by atoms with Crippen molar-refractivity contribution in [2.45, 2.75) is 33.2 Å². The Hall–Kier alpha value is -2.36. The minimum absolute atomic E-state index is 0.00754. The Morgan fingerprint density at radius 3 is 2.45 bits per heavy atom. The van der Waals surface area contributed by atoms with Gasteiger partial charge < -0.3 is 0 Å². The van der Waals surface area contributed by atoms with Gasteiger partial charge in [-0.3, -0.25) is 14.6 Å². The Labute approximate surface area is 131 Å². The van der Waals surface area contributed by atoms with Crippen molar-refractivity contribution in [2.75, 3.05) is 6.54 Å². The maximum atomic E-state index is 11.2. The third-order valence-corrected chi connectivity index (χ3v) is 3.24. The predicted octanol–water partition coefficient (Wildman–Crippen LogP) is 2.73. The number of aromatic nitrogens is 1. The summed E-state index contributed by atoms with van der Waals surface area (Å²) in [7, 11) is 0. The Bertz CT molecular complexity index is 584. The number of nitrogens with zero attached hydrogens (tertiary/aromatic N) is 2. The topological polar surface area (TPSA) is 50.4 Å². The summed E-state index contributed by atoms with van der Waals surface area (Å²) in [6.45, 7) is 8.29. The highest BCUT2D eigenvalue weighted by Gasteiger charge is 2.03. The smallest absolute Gasteiger partial charge is 0.169 e. The molecule has 0 fully saturated rings. The van der Waals surface area contributed by atoms with Crippen LogP contribution in [0.2, 0.25) is 0 Å². The van der Waals surface area contributed by atoms with Crippen molar-refractivity contribution in [3.8, 4) is 0 Å². The first-order chi connectivity index (χ1) is 10.5. The van der Waals surface area contributed by atoms with Crippen LogP contribution in [0.5, 0.6) is 0 Å². The number of unbranched alkanes of at least 4 members (excludes halogenated alkanes) is 1. The van der Waals surface area contributed by atoms with E-state index in [2.05, 4.69) is 16.1 Å². The summed E-state index contributed by atoms with van der Waals surface area (Å²) < 4.78 is 2.06. The van der Waals surface area contributed by atoms with Crippen molar-refractivity contribution < 1.29 is 14.2 Å². The lowest BCUT2D eigenvalue weighted by Crippen LogP contribution is -2.32. The first-order valence-corrected chi connectivity index (χ1v) is 7.38. The first-order valence-electron chi connectivity index (χ1n) is 7.38. The Morgan fingerprint density at radius 1 is 1.23 bits per heavy atom. The first kappa shape index (κ1) is 17.7. The summed E-state index contributed by atoms with van der Waals surface area (Å²) >= 11 is 0. The highest BCUT2D eigenvalue weighted by molar-refractivity contribution is 5.99. The molecule has 0 N–H and O–H groups in total.